The summed E-state index contributed by atoms with van der Waals surface area (Å²) in [6, 6.07) is 0. The highest BCUT2D eigenvalue weighted by atomic mass is 16.6. The molecule has 18 heavy (non-hydrogen) atoms. The summed E-state index contributed by atoms with van der Waals surface area (Å²) in [6.45, 7) is 5.58. The average Bonchev–Trinajstić information content (AvgIpc) is 2.64. The van der Waals surface area contributed by atoms with Crippen LogP contribution in [0.2, 0.25) is 0 Å². The molecule has 0 aromatic heterocycles. The summed E-state index contributed by atoms with van der Waals surface area (Å²) in [5.41, 5.74) is -0.613. The van der Waals surface area contributed by atoms with Crippen molar-refractivity contribution >= 4 is 12.4 Å². The van der Waals surface area contributed by atoms with Gasteiger partial charge >= 0.3 is 6.09 Å². The highest BCUT2D eigenvalue weighted by molar-refractivity contribution is 5.68. The minimum atomic E-state index is -0.466. The third-order valence-corrected chi connectivity index (χ3v) is 3.30. The number of amides is 1. The van der Waals surface area contributed by atoms with Crippen molar-refractivity contribution in [1.29, 1.82) is 0 Å². The zero-order valence-corrected chi connectivity index (χ0v) is 11.8. The topological polar surface area (TPSA) is 55.4 Å². The van der Waals surface area contributed by atoms with Crippen LogP contribution in [0.4, 0.5) is 4.79 Å². The maximum absolute atomic E-state index is 11.8. The van der Waals surface area contributed by atoms with Crippen molar-refractivity contribution in [3.8, 4) is 0 Å². The molecule has 1 saturated carbocycles. The van der Waals surface area contributed by atoms with Gasteiger partial charge in [0.05, 0.1) is 0 Å². The molecular formula is C14H25NO3. The standard InChI is InChI=1S/C14H25NO3/c1-13(2,3)18-12(17)15-14(8-4-5-9-14)10-6-7-11-16/h11H,4-10H2,1-3H3,(H,15,17). The molecular weight excluding hydrogens is 230 g/mol. The Kier molecular flexibility index (Phi) is 5.17. The zero-order chi connectivity index (χ0) is 13.6. The summed E-state index contributed by atoms with van der Waals surface area (Å²) in [6.07, 6.45) is 7.12. The second-order valence-corrected chi connectivity index (χ2v) is 6.17. The monoisotopic (exact) mass is 255 g/mol. The molecule has 0 aromatic rings. The first-order chi connectivity index (χ1) is 8.37. The van der Waals surface area contributed by atoms with Gasteiger partial charge in [0.15, 0.2) is 0 Å². The Morgan fingerprint density at radius 3 is 2.44 bits per heavy atom. The molecule has 0 aliphatic heterocycles. The van der Waals surface area contributed by atoms with Gasteiger partial charge < -0.3 is 14.8 Å². The van der Waals surface area contributed by atoms with Gasteiger partial charge in [-0.05, 0) is 46.5 Å². The van der Waals surface area contributed by atoms with E-state index in [0.717, 1.165) is 44.8 Å². The van der Waals surface area contributed by atoms with E-state index in [4.69, 9.17) is 4.74 Å². The fraction of sp³-hybridized carbons (Fsp3) is 0.857. The van der Waals surface area contributed by atoms with Gasteiger partial charge in [0.25, 0.3) is 0 Å². The van der Waals surface area contributed by atoms with Crippen molar-refractivity contribution in [3.63, 3.8) is 0 Å². The molecule has 1 N–H and O–H groups in total. The van der Waals surface area contributed by atoms with E-state index in [-0.39, 0.29) is 11.6 Å². The van der Waals surface area contributed by atoms with E-state index in [1.165, 1.54) is 0 Å². The van der Waals surface area contributed by atoms with Crippen LogP contribution in [0.3, 0.4) is 0 Å². The van der Waals surface area contributed by atoms with Crippen LogP contribution in [0.25, 0.3) is 0 Å². The molecule has 1 aliphatic rings. The average molecular weight is 255 g/mol. The van der Waals surface area contributed by atoms with Gasteiger partial charge in [0.2, 0.25) is 0 Å². The van der Waals surface area contributed by atoms with Gasteiger partial charge in [0, 0.05) is 12.0 Å². The number of nitrogens with one attached hydrogen (secondary N) is 1. The number of unbranched alkanes of at least 4 members (excludes halogenated alkanes) is 1. The van der Waals surface area contributed by atoms with Gasteiger partial charge in [-0.25, -0.2) is 4.79 Å². The lowest BCUT2D eigenvalue weighted by Gasteiger charge is -2.31. The molecule has 0 bridgehead atoms. The van der Waals surface area contributed by atoms with Gasteiger partial charge in [-0.3, -0.25) is 0 Å². The molecule has 1 rings (SSSR count). The van der Waals surface area contributed by atoms with Crippen LogP contribution in [-0.4, -0.2) is 23.5 Å². The van der Waals surface area contributed by atoms with Crippen molar-refractivity contribution in [3.05, 3.63) is 0 Å². The van der Waals surface area contributed by atoms with Crippen LogP contribution in [0.15, 0.2) is 0 Å². The van der Waals surface area contributed by atoms with Gasteiger partial charge in [-0.15, -0.1) is 0 Å². The molecule has 0 unspecified atom stereocenters. The molecule has 104 valence electrons. The van der Waals surface area contributed by atoms with Gasteiger partial charge in [-0.1, -0.05) is 12.8 Å². The predicted octanol–water partition coefficient (Wildman–Crippen LogP) is 3.19. The van der Waals surface area contributed by atoms with Crippen molar-refractivity contribution in [2.45, 2.75) is 76.9 Å². The Hall–Kier alpha value is -1.06. The van der Waals surface area contributed by atoms with Crippen LogP contribution >= 0.6 is 0 Å². The third-order valence-electron chi connectivity index (χ3n) is 3.30. The zero-order valence-electron chi connectivity index (χ0n) is 11.8. The summed E-state index contributed by atoms with van der Waals surface area (Å²) in [5.74, 6) is 0. The Bertz CT molecular complexity index is 288. The number of carbonyl (C=O) groups excluding carboxylic acids is 2. The summed E-state index contributed by atoms with van der Waals surface area (Å²) in [4.78, 5) is 22.2. The number of alkyl carbamates (subject to hydrolysis) is 1. The third kappa shape index (κ3) is 5.07. The first kappa shape index (κ1) is 15.0. The van der Waals surface area contributed by atoms with Crippen molar-refractivity contribution < 1.29 is 14.3 Å². The normalized spacial score (nSPS) is 18.4. The van der Waals surface area contributed by atoms with Crippen molar-refractivity contribution in [2.24, 2.45) is 0 Å². The van der Waals surface area contributed by atoms with Gasteiger partial charge in [-0.2, -0.15) is 0 Å². The molecule has 1 aliphatic carbocycles. The number of hydrogen-bond donors (Lipinski definition) is 1. The second kappa shape index (κ2) is 6.21. The van der Waals surface area contributed by atoms with Crippen LogP contribution in [0.1, 0.15) is 65.7 Å². The molecule has 0 aromatic carbocycles. The molecule has 1 fully saturated rings. The number of carbonyl (C=O) groups is 2. The minimum Gasteiger partial charge on any atom is -0.444 e. The predicted molar refractivity (Wildman–Crippen MR) is 70.5 cm³/mol. The molecule has 1 amide bonds. The Labute approximate surface area is 109 Å². The molecule has 0 heterocycles. The fourth-order valence-electron chi connectivity index (χ4n) is 2.53. The Balaban J connectivity index is 2.51. The first-order valence-electron chi connectivity index (χ1n) is 6.82. The molecule has 0 spiro atoms. The van der Waals surface area contributed by atoms with E-state index < -0.39 is 5.60 Å². The Morgan fingerprint density at radius 2 is 1.94 bits per heavy atom. The van der Waals surface area contributed by atoms with E-state index in [0.29, 0.717) is 6.42 Å². The lowest BCUT2D eigenvalue weighted by atomic mass is 9.91. The fourth-order valence-corrected chi connectivity index (χ4v) is 2.53. The summed E-state index contributed by atoms with van der Waals surface area (Å²) < 4.78 is 5.31. The molecule has 4 heteroatoms. The van der Waals surface area contributed by atoms with E-state index in [2.05, 4.69) is 5.32 Å². The lowest BCUT2D eigenvalue weighted by Crippen LogP contribution is -2.48. The van der Waals surface area contributed by atoms with E-state index in [1.54, 1.807) is 0 Å². The molecule has 0 saturated heterocycles. The van der Waals surface area contributed by atoms with Crippen molar-refractivity contribution in [2.75, 3.05) is 0 Å². The van der Waals surface area contributed by atoms with Crippen LogP contribution < -0.4 is 5.32 Å². The second-order valence-electron chi connectivity index (χ2n) is 6.17. The SMILES string of the molecule is CC(C)(C)OC(=O)NC1(CCCC=O)CCCC1. The van der Waals surface area contributed by atoms with Gasteiger partial charge in [0.1, 0.15) is 11.9 Å². The molecule has 4 nitrogen and oxygen atoms in total. The quantitative estimate of drug-likeness (QED) is 0.606. The smallest absolute Gasteiger partial charge is 0.408 e. The number of rotatable bonds is 5. The number of hydrogen-bond acceptors (Lipinski definition) is 3. The summed E-state index contributed by atoms with van der Waals surface area (Å²) in [5, 5.41) is 3.03. The highest BCUT2D eigenvalue weighted by Gasteiger charge is 2.35. The maximum atomic E-state index is 11.8. The first-order valence-corrected chi connectivity index (χ1v) is 6.82. The number of ether oxygens (including phenoxy) is 1. The lowest BCUT2D eigenvalue weighted by molar-refractivity contribution is -0.108. The van der Waals surface area contributed by atoms with Crippen molar-refractivity contribution in [1.82, 2.24) is 5.32 Å². The summed E-state index contributed by atoms with van der Waals surface area (Å²) >= 11 is 0. The van der Waals surface area contributed by atoms with E-state index in [1.807, 2.05) is 20.8 Å². The van der Waals surface area contributed by atoms with Crippen LogP contribution in [-0.2, 0) is 9.53 Å². The molecule has 0 radical (unpaired) electrons. The molecule has 0 atom stereocenters. The highest BCUT2D eigenvalue weighted by Crippen LogP contribution is 2.34. The van der Waals surface area contributed by atoms with E-state index in [9.17, 15) is 9.59 Å². The minimum absolute atomic E-state index is 0.147. The van der Waals surface area contributed by atoms with Crippen LogP contribution in [0, 0.1) is 0 Å². The van der Waals surface area contributed by atoms with E-state index >= 15 is 0 Å². The maximum Gasteiger partial charge on any atom is 0.408 e. The van der Waals surface area contributed by atoms with Crippen LogP contribution in [0.5, 0.6) is 0 Å². The largest absolute Gasteiger partial charge is 0.444 e. The Morgan fingerprint density at radius 1 is 1.33 bits per heavy atom. The summed E-state index contributed by atoms with van der Waals surface area (Å²) in [7, 11) is 0. The number of aldehydes is 1.